The van der Waals surface area contributed by atoms with Crippen LogP contribution in [0.3, 0.4) is 0 Å². The highest BCUT2D eigenvalue weighted by atomic mass is 16.2. The fourth-order valence-corrected chi connectivity index (χ4v) is 2.34. The van der Waals surface area contributed by atoms with Gasteiger partial charge in [0, 0.05) is 25.5 Å². The van der Waals surface area contributed by atoms with Gasteiger partial charge in [-0.3, -0.25) is 4.79 Å². The fourth-order valence-electron chi connectivity index (χ4n) is 2.34. The molecule has 98 valence electrons. The summed E-state index contributed by atoms with van der Waals surface area (Å²) in [5.74, 6) is 0.593. The molecule has 1 aliphatic heterocycles. The second-order valence-electron chi connectivity index (χ2n) is 4.68. The highest BCUT2D eigenvalue weighted by Gasteiger charge is 2.20. The average molecular weight is 248 g/mol. The molecule has 1 N–H and O–H groups in total. The molecular formula is C13H20N4O. The van der Waals surface area contributed by atoms with E-state index in [2.05, 4.69) is 15.3 Å². The summed E-state index contributed by atoms with van der Waals surface area (Å²) in [6.07, 6.45) is 7.00. The molecule has 1 saturated heterocycles. The molecule has 0 radical (unpaired) electrons. The van der Waals surface area contributed by atoms with E-state index in [0.29, 0.717) is 11.5 Å². The highest BCUT2D eigenvalue weighted by molar-refractivity contribution is 5.93. The number of hydrogen-bond acceptors (Lipinski definition) is 4. The van der Waals surface area contributed by atoms with Gasteiger partial charge < -0.3 is 10.2 Å². The summed E-state index contributed by atoms with van der Waals surface area (Å²) in [6.45, 7) is 5.66. The molecule has 0 aliphatic carbocycles. The molecule has 0 bridgehead atoms. The van der Waals surface area contributed by atoms with Crippen LogP contribution in [0.25, 0.3) is 0 Å². The van der Waals surface area contributed by atoms with Crippen molar-refractivity contribution in [2.24, 2.45) is 5.92 Å². The molecule has 0 aromatic carbocycles. The van der Waals surface area contributed by atoms with Crippen molar-refractivity contribution < 1.29 is 4.79 Å². The van der Waals surface area contributed by atoms with Crippen LogP contribution in [0.4, 0.5) is 0 Å². The fraction of sp³-hybridized carbons (Fsp3) is 0.615. The molecule has 1 atom stereocenters. The van der Waals surface area contributed by atoms with Gasteiger partial charge in [0.05, 0.1) is 5.56 Å². The molecule has 1 amide bonds. The molecule has 0 saturated carbocycles. The van der Waals surface area contributed by atoms with Crippen molar-refractivity contribution in [2.45, 2.75) is 19.8 Å². The molecular weight excluding hydrogens is 228 g/mol. The van der Waals surface area contributed by atoms with Gasteiger partial charge in [-0.15, -0.1) is 0 Å². The SMILES string of the molecule is CCN(CC1CCCNC1)C(=O)c1cncnc1. The molecule has 1 aromatic rings. The minimum absolute atomic E-state index is 0.0312. The van der Waals surface area contributed by atoms with Crippen LogP contribution in [0.15, 0.2) is 18.7 Å². The lowest BCUT2D eigenvalue weighted by molar-refractivity contribution is 0.0728. The van der Waals surface area contributed by atoms with Gasteiger partial charge in [-0.25, -0.2) is 9.97 Å². The first-order chi connectivity index (χ1) is 8.81. The lowest BCUT2D eigenvalue weighted by atomic mass is 9.99. The van der Waals surface area contributed by atoms with Crippen molar-refractivity contribution in [3.05, 3.63) is 24.3 Å². The van der Waals surface area contributed by atoms with Crippen molar-refractivity contribution in [3.63, 3.8) is 0 Å². The maximum Gasteiger partial charge on any atom is 0.256 e. The summed E-state index contributed by atoms with van der Waals surface area (Å²) in [5.41, 5.74) is 0.572. The van der Waals surface area contributed by atoms with E-state index in [4.69, 9.17) is 0 Å². The van der Waals surface area contributed by atoms with Crippen LogP contribution in [-0.2, 0) is 0 Å². The van der Waals surface area contributed by atoms with Crippen LogP contribution in [0.2, 0.25) is 0 Å². The zero-order chi connectivity index (χ0) is 12.8. The summed E-state index contributed by atoms with van der Waals surface area (Å²) in [7, 11) is 0. The van der Waals surface area contributed by atoms with Crippen molar-refractivity contribution in [1.29, 1.82) is 0 Å². The number of aromatic nitrogens is 2. The number of amides is 1. The van der Waals surface area contributed by atoms with Crippen molar-refractivity contribution in [2.75, 3.05) is 26.2 Å². The van der Waals surface area contributed by atoms with E-state index < -0.39 is 0 Å². The Kier molecular flexibility index (Phi) is 4.64. The summed E-state index contributed by atoms with van der Waals surface area (Å²) >= 11 is 0. The molecule has 0 spiro atoms. The van der Waals surface area contributed by atoms with Crippen molar-refractivity contribution in [3.8, 4) is 0 Å². The summed E-state index contributed by atoms with van der Waals surface area (Å²) in [5, 5.41) is 3.38. The number of hydrogen-bond donors (Lipinski definition) is 1. The Morgan fingerprint density at radius 2 is 2.28 bits per heavy atom. The Balaban J connectivity index is 1.97. The zero-order valence-electron chi connectivity index (χ0n) is 10.8. The summed E-state index contributed by atoms with van der Waals surface area (Å²) < 4.78 is 0. The normalized spacial score (nSPS) is 19.5. The van der Waals surface area contributed by atoms with Crippen LogP contribution in [0.5, 0.6) is 0 Å². The third kappa shape index (κ3) is 3.26. The number of rotatable bonds is 4. The Labute approximate surface area is 108 Å². The second-order valence-corrected chi connectivity index (χ2v) is 4.68. The molecule has 2 heterocycles. The van der Waals surface area contributed by atoms with Gasteiger partial charge >= 0.3 is 0 Å². The van der Waals surface area contributed by atoms with E-state index >= 15 is 0 Å². The molecule has 1 fully saturated rings. The third-order valence-corrected chi connectivity index (χ3v) is 3.35. The minimum atomic E-state index is 0.0312. The van der Waals surface area contributed by atoms with Crippen LogP contribution >= 0.6 is 0 Å². The maximum absolute atomic E-state index is 12.3. The molecule has 1 unspecified atom stereocenters. The summed E-state index contributed by atoms with van der Waals surface area (Å²) in [4.78, 5) is 22.0. The van der Waals surface area contributed by atoms with Gasteiger partial charge in [0.2, 0.25) is 0 Å². The molecule has 18 heavy (non-hydrogen) atoms. The topological polar surface area (TPSA) is 58.1 Å². The Morgan fingerprint density at radius 1 is 1.50 bits per heavy atom. The number of piperidine rings is 1. The Morgan fingerprint density at radius 3 is 2.89 bits per heavy atom. The number of nitrogens with one attached hydrogen (secondary N) is 1. The quantitative estimate of drug-likeness (QED) is 0.861. The first kappa shape index (κ1) is 13.0. The van der Waals surface area contributed by atoms with E-state index in [0.717, 1.165) is 26.2 Å². The van der Waals surface area contributed by atoms with Crippen molar-refractivity contribution >= 4 is 5.91 Å². The van der Waals surface area contributed by atoms with Gasteiger partial charge in [-0.05, 0) is 38.8 Å². The third-order valence-electron chi connectivity index (χ3n) is 3.35. The average Bonchev–Trinajstić information content (AvgIpc) is 2.46. The smallest absolute Gasteiger partial charge is 0.256 e. The number of carbonyl (C=O) groups excluding carboxylic acids is 1. The molecule has 5 nitrogen and oxygen atoms in total. The summed E-state index contributed by atoms with van der Waals surface area (Å²) in [6, 6.07) is 0. The Hall–Kier alpha value is -1.49. The maximum atomic E-state index is 12.3. The Bertz CT molecular complexity index is 376. The van der Waals surface area contributed by atoms with E-state index in [9.17, 15) is 4.79 Å². The van der Waals surface area contributed by atoms with Gasteiger partial charge in [0.1, 0.15) is 6.33 Å². The van der Waals surface area contributed by atoms with E-state index in [1.54, 1.807) is 12.4 Å². The lowest BCUT2D eigenvalue weighted by Crippen LogP contribution is -2.41. The van der Waals surface area contributed by atoms with E-state index in [-0.39, 0.29) is 5.91 Å². The standard InChI is InChI=1S/C13H20N4O/c1-2-17(9-11-4-3-5-14-6-11)13(18)12-7-15-10-16-8-12/h7-8,10-11,14H,2-6,9H2,1H3. The van der Waals surface area contributed by atoms with Gasteiger partial charge in [0.25, 0.3) is 5.91 Å². The zero-order valence-corrected chi connectivity index (χ0v) is 10.8. The second kappa shape index (κ2) is 6.44. The van der Waals surface area contributed by atoms with Crippen LogP contribution in [-0.4, -0.2) is 47.0 Å². The van der Waals surface area contributed by atoms with Crippen LogP contribution in [0.1, 0.15) is 30.1 Å². The largest absolute Gasteiger partial charge is 0.339 e. The van der Waals surface area contributed by atoms with Gasteiger partial charge in [-0.1, -0.05) is 0 Å². The number of carbonyl (C=O) groups is 1. The molecule has 5 heteroatoms. The van der Waals surface area contributed by atoms with E-state index in [1.165, 1.54) is 19.2 Å². The predicted molar refractivity (Wildman–Crippen MR) is 69.2 cm³/mol. The first-order valence-electron chi connectivity index (χ1n) is 6.56. The molecule has 1 aromatic heterocycles. The molecule has 2 rings (SSSR count). The highest BCUT2D eigenvalue weighted by Crippen LogP contribution is 2.13. The predicted octanol–water partition coefficient (Wildman–Crippen LogP) is 0.938. The van der Waals surface area contributed by atoms with Crippen LogP contribution in [0, 0.1) is 5.92 Å². The number of nitrogens with zero attached hydrogens (tertiary/aromatic N) is 3. The van der Waals surface area contributed by atoms with E-state index in [1.807, 2.05) is 11.8 Å². The van der Waals surface area contributed by atoms with Gasteiger partial charge in [-0.2, -0.15) is 0 Å². The minimum Gasteiger partial charge on any atom is -0.339 e. The monoisotopic (exact) mass is 248 g/mol. The first-order valence-corrected chi connectivity index (χ1v) is 6.56. The van der Waals surface area contributed by atoms with Gasteiger partial charge in [0.15, 0.2) is 0 Å². The lowest BCUT2D eigenvalue weighted by Gasteiger charge is -2.29. The van der Waals surface area contributed by atoms with Crippen LogP contribution < -0.4 is 5.32 Å². The van der Waals surface area contributed by atoms with Crippen molar-refractivity contribution in [1.82, 2.24) is 20.2 Å². The molecule has 1 aliphatic rings.